The topological polar surface area (TPSA) is 68.7 Å². The van der Waals surface area contributed by atoms with Crippen molar-refractivity contribution in [2.24, 2.45) is 0 Å². The van der Waals surface area contributed by atoms with Crippen molar-refractivity contribution in [1.82, 2.24) is 9.88 Å². The molecule has 1 saturated heterocycles. The van der Waals surface area contributed by atoms with Gasteiger partial charge in [0.2, 0.25) is 0 Å². The second kappa shape index (κ2) is 9.30. The number of piperazine rings is 1. The highest BCUT2D eigenvalue weighted by molar-refractivity contribution is 5.95. The number of hydrogen-bond acceptors (Lipinski definition) is 5. The number of carboxylic acid groups (broad SMARTS) is 1. The second-order valence-electron chi connectivity index (χ2n) is 8.29. The van der Waals surface area contributed by atoms with Gasteiger partial charge in [-0.05, 0) is 53.6 Å². The summed E-state index contributed by atoms with van der Waals surface area (Å²) >= 11 is 0. The molecule has 0 atom stereocenters. The van der Waals surface area contributed by atoms with Gasteiger partial charge in [0, 0.05) is 54.8 Å². The lowest BCUT2D eigenvalue weighted by Crippen LogP contribution is -2.47. The molecule has 1 fully saturated rings. The summed E-state index contributed by atoms with van der Waals surface area (Å²) < 4.78 is 0. The first-order valence-corrected chi connectivity index (χ1v) is 11.2. The molecule has 0 amide bonds. The van der Waals surface area contributed by atoms with E-state index in [9.17, 15) is 4.79 Å². The first-order valence-electron chi connectivity index (χ1n) is 11.2. The quantitative estimate of drug-likeness (QED) is 0.448. The number of pyridine rings is 1. The van der Waals surface area contributed by atoms with Gasteiger partial charge in [0.25, 0.3) is 0 Å². The molecule has 33 heavy (non-hydrogen) atoms. The molecule has 0 bridgehead atoms. The van der Waals surface area contributed by atoms with Gasteiger partial charge in [-0.2, -0.15) is 0 Å². The lowest BCUT2D eigenvalue weighted by atomic mass is 10.0. The predicted molar refractivity (Wildman–Crippen MR) is 133 cm³/mol. The van der Waals surface area contributed by atoms with Crippen LogP contribution in [0.15, 0.2) is 85.1 Å². The monoisotopic (exact) mass is 438 g/mol. The minimum atomic E-state index is -0.765. The van der Waals surface area contributed by atoms with Crippen LogP contribution in [-0.2, 0) is 4.79 Å². The zero-order valence-electron chi connectivity index (χ0n) is 18.3. The number of fused-ring (bicyclic) bond motifs is 1. The van der Waals surface area contributed by atoms with Gasteiger partial charge in [-0.25, -0.2) is 0 Å². The molecule has 0 unspecified atom stereocenters. The van der Waals surface area contributed by atoms with Crippen LogP contribution in [0, 0.1) is 0 Å². The Balaban J connectivity index is 1.32. The molecule has 2 heterocycles. The molecule has 1 aliphatic rings. The van der Waals surface area contributed by atoms with Crippen molar-refractivity contribution in [3.8, 4) is 11.1 Å². The van der Waals surface area contributed by atoms with E-state index in [1.807, 2.05) is 23.2 Å². The number of carbonyl (C=O) groups is 1. The average molecular weight is 439 g/mol. The van der Waals surface area contributed by atoms with Crippen molar-refractivity contribution in [2.75, 3.05) is 42.9 Å². The summed E-state index contributed by atoms with van der Waals surface area (Å²) in [6.07, 6.45) is 1.83. The number of aliphatic carboxylic acids is 1. The molecule has 4 aromatic rings. The Kier molecular flexibility index (Phi) is 5.91. The number of anilines is 3. The Labute approximate surface area is 193 Å². The molecule has 2 N–H and O–H groups in total. The first-order chi connectivity index (χ1) is 16.2. The van der Waals surface area contributed by atoms with Crippen molar-refractivity contribution in [2.45, 2.75) is 0 Å². The molecule has 3 aromatic carbocycles. The molecular formula is C27H26N4O2. The lowest BCUT2D eigenvalue weighted by Gasteiger charge is -2.35. The van der Waals surface area contributed by atoms with Crippen LogP contribution < -0.4 is 10.2 Å². The Morgan fingerprint density at radius 3 is 2.36 bits per heavy atom. The fourth-order valence-corrected chi connectivity index (χ4v) is 4.33. The summed E-state index contributed by atoms with van der Waals surface area (Å²) in [7, 11) is 0. The van der Waals surface area contributed by atoms with Crippen LogP contribution in [0.3, 0.4) is 0 Å². The maximum Gasteiger partial charge on any atom is 0.317 e. The van der Waals surface area contributed by atoms with Crippen LogP contribution in [0.1, 0.15) is 0 Å². The number of benzene rings is 3. The third-order valence-electron chi connectivity index (χ3n) is 6.09. The van der Waals surface area contributed by atoms with Gasteiger partial charge in [0.05, 0.1) is 12.1 Å². The first kappa shape index (κ1) is 21.0. The van der Waals surface area contributed by atoms with Crippen LogP contribution in [0.5, 0.6) is 0 Å². The standard InChI is InChI=1S/C27H26N4O2/c32-27(33)19-30-14-16-31(17-15-30)23-9-7-22(8-10-23)29-26-12-13-28-25-11-6-21(18-24(25)26)20-4-2-1-3-5-20/h1-13,18H,14-17,19H2,(H,28,29)(H,32,33). The van der Waals surface area contributed by atoms with Crippen molar-refractivity contribution in [3.05, 3.63) is 85.1 Å². The second-order valence-corrected chi connectivity index (χ2v) is 8.29. The molecule has 0 aliphatic carbocycles. The van der Waals surface area contributed by atoms with Gasteiger partial charge in [-0.1, -0.05) is 36.4 Å². The number of nitrogens with zero attached hydrogens (tertiary/aromatic N) is 3. The summed E-state index contributed by atoms with van der Waals surface area (Å²) in [5.41, 5.74) is 6.49. The minimum absolute atomic E-state index is 0.114. The van der Waals surface area contributed by atoms with Crippen molar-refractivity contribution >= 4 is 33.9 Å². The number of rotatable bonds is 6. The lowest BCUT2D eigenvalue weighted by molar-refractivity contribution is -0.138. The molecule has 6 heteroatoms. The van der Waals surface area contributed by atoms with E-state index in [-0.39, 0.29) is 6.54 Å². The van der Waals surface area contributed by atoms with E-state index in [1.54, 1.807) is 0 Å². The summed E-state index contributed by atoms with van der Waals surface area (Å²) in [4.78, 5) is 19.7. The largest absolute Gasteiger partial charge is 0.480 e. The summed E-state index contributed by atoms with van der Waals surface area (Å²) in [6.45, 7) is 3.30. The molecule has 6 nitrogen and oxygen atoms in total. The third kappa shape index (κ3) is 4.81. The Bertz CT molecular complexity index is 1250. The highest BCUT2D eigenvalue weighted by atomic mass is 16.4. The number of carboxylic acids is 1. The summed E-state index contributed by atoms with van der Waals surface area (Å²) in [6, 6.07) is 27.1. The van der Waals surface area contributed by atoms with E-state index in [0.717, 1.165) is 59.7 Å². The molecule has 1 aliphatic heterocycles. The Morgan fingerprint density at radius 1 is 0.879 bits per heavy atom. The molecule has 1 aromatic heterocycles. The maximum absolute atomic E-state index is 10.9. The van der Waals surface area contributed by atoms with Crippen LogP contribution in [-0.4, -0.2) is 53.7 Å². The van der Waals surface area contributed by atoms with Gasteiger partial charge in [0.15, 0.2) is 0 Å². The predicted octanol–water partition coefficient (Wildman–Crippen LogP) is 4.85. The van der Waals surface area contributed by atoms with Crippen LogP contribution in [0.2, 0.25) is 0 Å². The van der Waals surface area contributed by atoms with Gasteiger partial charge in [-0.15, -0.1) is 0 Å². The van der Waals surface area contributed by atoms with Gasteiger partial charge < -0.3 is 15.3 Å². The Hall–Kier alpha value is -3.90. The number of nitrogens with one attached hydrogen (secondary N) is 1. The maximum atomic E-state index is 10.9. The summed E-state index contributed by atoms with van der Waals surface area (Å²) in [5, 5.41) is 13.6. The third-order valence-corrected chi connectivity index (χ3v) is 6.09. The molecular weight excluding hydrogens is 412 g/mol. The van der Waals surface area contributed by atoms with E-state index in [0.29, 0.717) is 0 Å². The fourth-order valence-electron chi connectivity index (χ4n) is 4.33. The fraction of sp³-hybridized carbons (Fsp3) is 0.185. The Morgan fingerprint density at radius 2 is 1.64 bits per heavy atom. The van der Waals surface area contributed by atoms with Crippen LogP contribution in [0.25, 0.3) is 22.0 Å². The van der Waals surface area contributed by atoms with Gasteiger partial charge in [-0.3, -0.25) is 14.7 Å². The molecule has 0 saturated carbocycles. The van der Waals surface area contributed by atoms with Crippen molar-refractivity contribution in [3.63, 3.8) is 0 Å². The van der Waals surface area contributed by atoms with E-state index in [4.69, 9.17) is 5.11 Å². The number of hydrogen-bond donors (Lipinski definition) is 2. The van der Waals surface area contributed by atoms with E-state index in [1.165, 1.54) is 5.56 Å². The zero-order valence-corrected chi connectivity index (χ0v) is 18.3. The minimum Gasteiger partial charge on any atom is -0.480 e. The average Bonchev–Trinajstić information content (AvgIpc) is 2.85. The van der Waals surface area contributed by atoms with Gasteiger partial charge in [0.1, 0.15) is 0 Å². The normalized spacial score (nSPS) is 14.4. The SMILES string of the molecule is O=C(O)CN1CCN(c2ccc(Nc3ccnc4ccc(-c5ccccc5)cc34)cc2)CC1. The van der Waals surface area contributed by atoms with Gasteiger partial charge >= 0.3 is 5.97 Å². The van der Waals surface area contributed by atoms with E-state index < -0.39 is 5.97 Å². The van der Waals surface area contributed by atoms with Crippen LogP contribution >= 0.6 is 0 Å². The van der Waals surface area contributed by atoms with Crippen LogP contribution in [0.4, 0.5) is 17.1 Å². The van der Waals surface area contributed by atoms with E-state index >= 15 is 0 Å². The molecule has 5 rings (SSSR count). The zero-order chi connectivity index (χ0) is 22.6. The summed E-state index contributed by atoms with van der Waals surface area (Å²) in [5.74, 6) is -0.765. The van der Waals surface area contributed by atoms with Crippen molar-refractivity contribution in [1.29, 1.82) is 0 Å². The van der Waals surface area contributed by atoms with Crippen molar-refractivity contribution < 1.29 is 9.90 Å². The highest BCUT2D eigenvalue weighted by Crippen LogP contribution is 2.30. The number of aromatic nitrogens is 1. The molecule has 0 radical (unpaired) electrons. The molecule has 166 valence electrons. The highest BCUT2D eigenvalue weighted by Gasteiger charge is 2.18. The smallest absolute Gasteiger partial charge is 0.317 e. The van der Waals surface area contributed by atoms with E-state index in [2.05, 4.69) is 81.9 Å². The molecule has 0 spiro atoms.